The predicted octanol–water partition coefficient (Wildman–Crippen LogP) is 9.38. The van der Waals surface area contributed by atoms with Crippen LogP contribution >= 0.6 is 11.6 Å². The first-order chi connectivity index (χ1) is 32.3. The van der Waals surface area contributed by atoms with Crippen LogP contribution in [-0.4, -0.2) is 98.9 Å². The molecule has 0 saturated carbocycles. The Hall–Kier alpha value is -7.73. The molecule has 0 bridgehead atoms. The number of anilines is 2. The van der Waals surface area contributed by atoms with E-state index in [4.69, 9.17) is 26.8 Å². The Balaban J connectivity index is 0.000000244. The van der Waals surface area contributed by atoms with Crippen molar-refractivity contribution in [1.82, 2.24) is 49.3 Å². The van der Waals surface area contributed by atoms with Crippen molar-refractivity contribution in [1.29, 1.82) is 0 Å². The summed E-state index contributed by atoms with van der Waals surface area (Å²) in [7, 11) is 0. The van der Waals surface area contributed by atoms with E-state index in [9.17, 15) is 19.2 Å². The molecule has 3 amide bonds. The molecule has 2 aliphatic rings. The van der Waals surface area contributed by atoms with Crippen LogP contribution in [0.1, 0.15) is 97.6 Å². The van der Waals surface area contributed by atoms with Crippen LogP contribution in [0.25, 0.3) is 23.0 Å². The number of fused-ring (bicyclic) bond motifs is 2. The first-order valence-corrected chi connectivity index (χ1v) is 21.9. The minimum Gasteiger partial charge on any atom is -0.445 e. The average molecular weight is 962 g/mol. The van der Waals surface area contributed by atoms with E-state index in [1.54, 1.807) is 52.8 Å². The minimum atomic E-state index is -0.492. The highest BCUT2D eigenvalue weighted by Gasteiger charge is 2.24. The zero-order chi connectivity index (χ0) is 48.0. The number of halogens is 1. The number of carbonyl (C=O) groups is 4. The molecule has 2 aromatic carbocycles. The first-order valence-electron chi connectivity index (χ1n) is 21.6. The lowest BCUT2D eigenvalue weighted by atomic mass is 9.97. The van der Waals surface area contributed by atoms with Gasteiger partial charge in [0.15, 0.2) is 11.6 Å². The molecule has 0 radical (unpaired) electrons. The zero-order valence-electron chi connectivity index (χ0n) is 37.8. The van der Waals surface area contributed by atoms with Crippen LogP contribution in [0, 0.1) is 0 Å². The number of aromatic nitrogens is 8. The Labute approximate surface area is 408 Å². The summed E-state index contributed by atoms with van der Waals surface area (Å²) < 4.78 is 14.0. The molecule has 8 rings (SSSR count). The van der Waals surface area contributed by atoms with Gasteiger partial charge in [0.2, 0.25) is 0 Å². The normalized spacial score (nSPS) is 12.3. The van der Waals surface area contributed by atoms with E-state index >= 15 is 0 Å². The Bertz CT molecular complexity index is 2730. The fourth-order valence-corrected chi connectivity index (χ4v) is 7.25. The Kier molecular flexibility index (Phi) is 19.8. The average Bonchev–Trinajstić information content (AvgIpc) is 4.04. The number of amides is 3. The highest BCUT2D eigenvalue weighted by Crippen LogP contribution is 2.25. The smallest absolute Gasteiger partial charge is 0.410 e. The van der Waals surface area contributed by atoms with Crippen LogP contribution in [0.15, 0.2) is 111 Å². The third kappa shape index (κ3) is 14.1. The number of carbonyl (C=O) groups excluding carboxylic acids is 4. The summed E-state index contributed by atoms with van der Waals surface area (Å²) >= 11 is 5.46. The summed E-state index contributed by atoms with van der Waals surface area (Å²) in [6, 6.07) is 22.2. The summed E-state index contributed by atoms with van der Waals surface area (Å²) in [4.78, 5) is 60.0. The fourth-order valence-electron chi connectivity index (χ4n) is 7.13. The maximum Gasteiger partial charge on any atom is 0.410 e. The number of nitrogens with one attached hydrogen (secondary N) is 1. The van der Waals surface area contributed by atoms with Crippen molar-refractivity contribution < 1.29 is 28.7 Å². The molecule has 6 heterocycles. The molecular weight excluding hydrogens is 900 g/mol. The monoisotopic (exact) mass is 960 g/mol. The summed E-state index contributed by atoms with van der Waals surface area (Å²) in [6.45, 7) is 17.6. The summed E-state index contributed by atoms with van der Waals surface area (Å²) in [5, 5.41) is 18.4. The van der Waals surface area contributed by atoms with Gasteiger partial charge in [0.05, 0.1) is 0 Å². The van der Waals surface area contributed by atoms with Crippen LogP contribution < -0.4 is 11.1 Å². The lowest BCUT2D eigenvalue weighted by Gasteiger charge is -2.28. The van der Waals surface area contributed by atoms with Crippen LogP contribution in [0.5, 0.6) is 0 Å². The Morgan fingerprint density at radius 1 is 0.696 bits per heavy atom. The first kappa shape index (κ1) is 53.9. The van der Waals surface area contributed by atoms with E-state index < -0.39 is 5.24 Å². The van der Waals surface area contributed by atoms with Gasteiger partial charge >= 0.3 is 12.2 Å². The SMILES string of the molecule is C.C.C=CCOC(=O)N1CCc2ccc(C(=O)Cl)cc2C1.C=CCOC(=O)N1CCc2ccc(C(=O)Nc3cccc(-c4nncn4C(C)C)n3)cc2C1.CC(C)n1cnnc1-c1cccc(N)n1. The Morgan fingerprint density at radius 2 is 1.17 bits per heavy atom. The summed E-state index contributed by atoms with van der Waals surface area (Å²) in [6.07, 6.45) is 7.13. The van der Waals surface area contributed by atoms with Gasteiger partial charge in [-0.1, -0.05) is 64.4 Å². The van der Waals surface area contributed by atoms with Gasteiger partial charge in [-0.3, -0.25) is 9.59 Å². The molecule has 0 fully saturated rings. The molecule has 6 aromatic rings. The van der Waals surface area contributed by atoms with E-state index in [0.29, 0.717) is 72.9 Å². The number of ether oxygens (including phenoxy) is 2. The molecule has 2 aliphatic heterocycles. The van der Waals surface area contributed by atoms with Gasteiger partial charge in [0.1, 0.15) is 48.9 Å². The quantitative estimate of drug-likeness (QED) is 0.0915. The van der Waals surface area contributed by atoms with Crippen molar-refractivity contribution in [2.45, 2.75) is 80.6 Å². The molecule has 0 atom stereocenters. The topological polar surface area (TPSA) is 218 Å². The standard InChI is InChI=1S/C24H26N6O3.C14H14ClNO3.C10H13N5.2CH4/c1-4-12-33-24(32)29-11-10-17-8-9-18(13-19(17)14-29)23(31)27-21-7-5-6-20(26-21)22-28-25-15-30(22)16(2)3;1-2-7-19-14(18)16-6-5-10-3-4-11(13(15)17)8-12(10)9-16;1-7(2)15-6-12-14-10(15)8-4-3-5-9(11)13-8;;/h4-9,13,15-16H,1,10-12,14H2,2-3H3,(H,26,27,31);2-4,8H,1,5-7,9H2;3-7H,1-2H3,(H2,11,13);2*1H4. The maximum absolute atomic E-state index is 12.9. The highest BCUT2D eigenvalue weighted by molar-refractivity contribution is 6.67. The summed E-state index contributed by atoms with van der Waals surface area (Å²) in [5.74, 6) is 2.02. The van der Waals surface area contributed by atoms with Gasteiger partial charge in [0.25, 0.3) is 11.1 Å². The molecule has 4 aromatic heterocycles. The van der Waals surface area contributed by atoms with Crippen LogP contribution in [0.2, 0.25) is 0 Å². The van der Waals surface area contributed by atoms with E-state index in [2.05, 4.69) is 62.7 Å². The van der Waals surface area contributed by atoms with Gasteiger partial charge in [-0.05, 0) is 123 Å². The van der Waals surface area contributed by atoms with Crippen molar-refractivity contribution in [3.63, 3.8) is 0 Å². The van der Waals surface area contributed by atoms with Crippen molar-refractivity contribution >= 4 is 46.6 Å². The lowest BCUT2D eigenvalue weighted by molar-refractivity contribution is 0.102. The van der Waals surface area contributed by atoms with Gasteiger partial charge in [-0.15, -0.1) is 20.4 Å². The van der Waals surface area contributed by atoms with Crippen molar-refractivity contribution in [2.24, 2.45) is 0 Å². The van der Waals surface area contributed by atoms with Gasteiger partial charge in [0, 0.05) is 49.4 Å². The molecule has 0 spiro atoms. The van der Waals surface area contributed by atoms with E-state index in [-0.39, 0.29) is 52.2 Å². The highest BCUT2D eigenvalue weighted by atomic mass is 35.5. The molecule has 0 aliphatic carbocycles. The van der Waals surface area contributed by atoms with Gasteiger partial charge < -0.3 is 39.5 Å². The number of pyridine rings is 2. The van der Waals surface area contributed by atoms with E-state index in [1.807, 2.05) is 65.4 Å². The van der Waals surface area contributed by atoms with Crippen molar-refractivity contribution in [2.75, 3.05) is 37.4 Å². The molecule has 0 saturated heterocycles. The van der Waals surface area contributed by atoms with Crippen molar-refractivity contribution in [3.8, 4) is 23.0 Å². The largest absolute Gasteiger partial charge is 0.445 e. The second kappa shape index (κ2) is 25.4. The second-order valence-corrected chi connectivity index (χ2v) is 16.3. The number of nitrogens with two attached hydrogens (primary N) is 1. The van der Waals surface area contributed by atoms with E-state index in [1.165, 1.54) is 12.2 Å². The third-order valence-corrected chi connectivity index (χ3v) is 10.8. The second-order valence-electron chi connectivity index (χ2n) is 15.9. The third-order valence-electron chi connectivity index (χ3n) is 10.6. The van der Waals surface area contributed by atoms with Gasteiger partial charge in [-0.25, -0.2) is 19.6 Å². The minimum absolute atomic E-state index is 0. The number of hydrogen-bond acceptors (Lipinski definition) is 13. The molecule has 19 heteroatoms. The molecule has 18 nitrogen and oxygen atoms in total. The maximum atomic E-state index is 12.9. The van der Waals surface area contributed by atoms with Crippen molar-refractivity contribution in [3.05, 3.63) is 144 Å². The zero-order valence-corrected chi connectivity index (χ0v) is 38.6. The number of rotatable bonds is 11. The van der Waals surface area contributed by atoms with Gasteiger partial charge in [-0.2, -0.15) is 0 Å². The predicted molar refractivity (Wildman–Crippen MR) is 267 cm³/mol. The Morgan fingerprint density at radius 3 is 1.65 bits per heavy atom. The number of hydrogen-bond donors (Lipinski definition) is 2. The molecule has 0 unspecified atom stereocenters. The van der Waals surface area contributed by atoms with Crippen LogP contribution in [0.3, 0.4) is 0 Å². The van der Waals surface area contributed by atoms with Crippen LogP contribution in [-0.2, 0) is 35.4 Å². The molecule has 69 heavy (non-hydrogen) atoms. The molecular formula is C50H61ClN12O6. The summed E-state index contributed by atoms with van der Waals surface area (Å²) in [5.41, 5.74) is 12.1. The van der Waals surface area contributed by atoms with Crippen LogP contribution in [0.4, 0.5) is 21.2 Å². The molecule has 3 N–H and O–H groups in total. The lowest BCUT2D eigenvalue weighted by Crippen LogP contribution is -2.36. The number of nitrogens with zero attached hydrogens (tertiary/aromatic N) is 10. The fraction of sp³-hybridized carbons (Fsp3) is 0.320. The van der Waals surface area contributed by atoms with E-state index in [0.717, 1.165) is 40.2 Å². The number of benzene rings is 2. The molecule has 364 valence electrons. The number of nitrogen functional groups attached to an aromatic ring is 1.